The van der Waals surface area contributed by atoms with Crippen molar-refractivity contribution in [2.45, 2.75) is 13.5 Å². The highest BCUT2D eigenvalue weighted by molar-refractivity contribution is 6.35. The average molecular weight is 439 g/mol. The zero-order valence-electron chi connectivity index (χ0n) is 16.3. The van der Waals surface area contributed by atoms with Gasteiger partial charge < -0.3 is 4.74 Å². The molecular formula is C24H20Cl2N2O2. The third-order valence-electron chi connectivity index (χ3n) is 4.15. The summed E-state index contributed by atoms with van der Waals surface area (Å²) in [4.78, 5) is 12.2. The predicted octanol–water partition coefficient (Wildman–Crippen LogP) is 6.39. The Bertz CT molecular complexity index is 1060. The second-order valence-electron chi connectivity index (χ2n) is 6.55. The van der Waals surface area contributed by atoms with E-state index in [0.29, 0.717) is 28.0 Å². The van der Waals surface area contributed by atoms with Crippen LogP contribution in [0.1, 0.15) is 28.4 Å². The van der Waals surface area contributed by atoms with Gasteiger partial charge in [-0.05, 0) is 54.5 Å². The first-order chi connectivity index (χ1) is 14.5. The molecule has 152 valence electrons. The number of hydrogen-bond acceptors (Lipinski definition) is 3. The van der Waals surface area contributed by atoms with Crippen LogP contribution >= 0.6 is 23.2 Å². The van der Waals surface area contributed by atoms with E-state index in [4.69, 9.17) is 27.9 Å². The molecule has 3 aromatic rings. The van der Waals surface area contributed by atoms with Crippen LogP contribution in [0.4, 0.5) is 0 Å². The van der Waals surface area contributed by atoms with Gasteiger partial charge in [-0.1, -0.05) is 65.7 Å². The minimum absolute atomic E-state index is 0.300. The molecule has 1 amide bonds. The van der Waals surface area contributed by atoms with E-state index in [1.165, 1.54) is 0 Å². The molecule has 0 aromatic heterocycles. The fraction of sp³-hybridized carbons (Fsp3) is 0.0833. The number of nitrogens with zero attached hydrogens (tertiary/aromatic N) is 1. The number of carbonyl (C=O) groups excluding carboxylic acids is 1. The largest absolute Gasteiger partial charge is 0.489 e. The summed E-state index contributed by atoms with van der Waals surface area (Å²) in [5.41, 5.74) is 5.83. The van der Waals surface area contributed by atoms with E-state index in [1.54, 1.807) is 42.6 Å². The topological polar surface area (TPSA) is 50.7 Å². The van der Waals surface area contributed by atoms with Crippen molar-refractivity contribution in [1.29, 1.82) is 0 Å². The Labute approximate surface area is 185 Å². The van der Waals surface area contributed by atoms with E-state index in [9.17, 15) is 4.79 Å². The molecule has 0 bridgehead atoms. The highest BCUT2D eigenvalue weighted by atomic mass is 35.5. The van der Waals surface area contributed by atoms with Gasteiger partial charge in [0.2, 0.25) is 0 Å². The van der Waals surface area contributed by atoms with Crippen molar-refractivity contribution < 1.29 is 9.53 Å². The normalized spacial score (nSPS) is 11.5. The maximum absolute atomic E-state index is 12.2. The van der Waals surface area contributed by atoms with Gasteiger partial charge in [-0.2, -0.15) is 5.10 Å². The van der Waals surface area contributed by atoms with Crippen LogP contribution < -0.4 is 10.2 Å². The molecular weight excluding hydrogens is 419 g/mol. The number of hydrazone groups is 1. The number of amides is 1. The zero-order valence-corrected chi connectivity index (χ0v) is 17.8. The zero-order chi connectivity index (χ0) is 21.3. The van der Waals surface area contributed by atoms with Crippen molar-refractivity contribution in [3.63, 3.8) is 0 Å². The summed E-state index contributed by atoms with van der Waals surface area (Å²) in [7, 11) is 0. The summed E-state index contributed by atoms with van der Waals surface area (Å²) >= 11 is 12.0. The monoisotopic (exact) mass is 438 g/mol. The fourth-order valence-corrected chi connectivity index (χ4v) is 3.07. The second kappa shape index (κ2) is 10.6. The minimum Gasteiger partial charge on any atom is -0.489 e. The lowest BCUT2D eigenvalue weighted by atomic mass is 10.1. The number of hydrogen-bond donors (Lipinski definition) is 1. The molecule has 0 aliphatic carbocycles. The highest BCUT2D eigenvalue weighted by Gasteiger charge is 2.06. The predicted molar refractivity (Wildman–Crippen MR) is 123 cm³/mol. The highest BCUT2D eigenvalue weighted by Crippen LogP contribution is 2.23. The van der Waals surface area contributed by atoms with Gasteiger partial charge >= 0.3 is 0 Å². The van der Waals surface area contributed by atoms with Crippen LogP contribution in [0.15, 0.2) is 83.5 Å². The smallest absolute Gasteiger partial charge is 0.271 e. The maximum atomic E-state index is 12.2. The lowest BCUT2D eigenvalue weighted by Gasteiger charge is -2.08. The lowest BCUT2D eigenvalue weighted by molar-refractivity contribution is 0.0955. The van der Waals surface area contributed by atoms with Crippen molar-refractivity contribution in [1.82, 2.24) is 5.43 Å². The Morgan fingerprint density at radius 2 is 1.77 bits per heavy atom. The van der Waals surface area contributed by atoms with Crippen LogP contribution in [0.3, 0.4) is 0 Å². The third kappa shape index (κ3) is 6.48. The first-order valence-electron chi connectivity index (χ1n) is 9.25. The standard InChI is InChI=1S/C24H20Cl2N2O2/c1-17(13-18-5-3-2-4-6-18)15-27-28-24(29)19-8-11-22(12-9-19)30-16-20-7-10-21(25)14-23(20)26/h2-15H,16H2,1H3,(H,28,29)/b17-13-,27-15+. The van der Waals surface area contributed by atoms with Gasteiger partial charge in [-0.25, -0.2) is 5.43 Å². The van der Waals surface area contributed by atoms with Gasteiger partial charge in [0, 0.05) is 21.2 Å². The minimum atomic E-state index is -0.300. The molecule has 0 unspecified atom stereocenters. The molecule has 0 spiro atoms. The summed E-state index contributed by atoms with van der Waals surface area (Å²) in [6.07, 6.45) is 3.59. The number of carbonyl (C=O) groups is 1. The second-order valence-corrected chi connectivity index (χ2v) is 7.39. The first-order valence-corrected chi connectivity index (χ1v) is 10.0. The molecule has 4 nitrogen and oxygen atoms in total. The van der Waals surface area contributed by atoms with Crippen LogP contribution in [0.2, 0.25) is 10.0 Å². The summed E-state index contributed by atoms with van der Waals surface area (Å²) in [5.74, 6) is 0.328. The van der Waals surface area contributed by atoms with E-state index >= 15 is 0 Å². The van der Waals surface area contributed by atoms with Crippen LogP contribution in [-0.4, -0.2) is 12.1 Å². The fourth-order valence-electron chi connectivity index (χ4n) is 2.61. The number of nitrogens with one attached hydrogen (secondary N) is 1. The molecule has 3 rings (SSSR count). The molecule has 30 heavy (non-hydrogen) atoms. The maximum Gasteiger partial charge on any atom is 0.271 e. The van der Waals surface area contributed by atoms with Crippen LogP contribution in [0, 0.1) is 0 Å². The van der Waals surface area contributed by atoms with Crippen LogP contribution in [0.25, 0.3) is 6.08 Å². The van der Waals surface area contributed by atoms with E-state index in [2.05, 4.69) is 10.5 Å². The Morgan fingerprint density at radius 3 is 2.47 bits per heavy atom. The van der Waals surface area contributed by atoms with Crippen molar-refractivity contribution in [3.8, 4) is 5.75 Å². The molecule has 0 saturated carbocycles. The molecule has 0 saturated heterocycles. The van der Waals surface area contributed by atoms with Crippen molar-refractivity contribution in [2.24, 2.45) is 5.10 Å². The number of benzene rings is 3. The van der Waals surface area contributed by atoms with Gasteiger partial charge in [0.15, 0.2) is 0 Å². The summed E-state index contributed by atoms with van der Waals surface area (Å²) in [6.45, 7) is 2.22. The number of allylic oxidation sites excluding steroid dienone is 1. The molecule has 0 aliphatic heterocycles. The van der Waals surface area contributed by atoms with Gasteiger partial charge in [0.1, 0.15) is 12.4 Å². The molecule has 3 aromatic carbocycles. The molecule has 1 N–H and O–H groups in total. The summed E-state index contributed by atoms with van der Waals surface area (Å²) in [6, 6.07) is 22.0. The van der Waals surface area contributed by atoms with E-state index in [-0.39, 0.29) is 5.91 Å². The molecule has 0 radical (unpaired) electrons. The SMILES string of the molecule is CC(=C/c1ccccc1)/C=N/NC(=O)c1ccc(OCc2ccc(Cl)cc2Cl)cc1. The van der Waals surface area contributed by atoms with E-state index in [0.717, 1.165) is 16.7 Å². The number of ether oxygens (including phenoxy) is 1. The van der Waals surface area contributed by atoms with Gasteiger partial charge in [0.25, 0.3) is 5.91 Å². The van der Waals surface area contributed by atoms with Crippen molar-refractivity contribution in [2.75, 3.05) is 0 Å². The van der Waals surface area contributed by atoms with E-state index in [1.807, 2.05) is 49.4 Å². The van der Waals surface area contributed by atoms with Gasteiger partial charge in [-0.15, -0.1) is 0 Å². The van der Waals surface area contributed by atoms with Crippen molar-refractivity contribution in [3.05, 3.63) is 105 Å². The van der Waals surface area contributed by atoms with Crippen LogP contribution in [-0.2, 0) is 6.61 Å². The Balaban J connectivity index is 1.52. The number of halogens is 2. The summed E-state index contributed by atoms with van der Waals surface area (Å²) < 4.78 is 5.72. The Hall–Kier alpha value is -3.08. The number of rotatable bonds is 7. The van der Waals surface area contributed by atoms with Gasteiger partial charge in [-0.3, -0.25) is 4.79 Å². The molecule has 6 heteroatoms. The van der Waals surface area contributed by atoms with Gasteiger partial charge in [0.05, 0.1) is 6.21 Å². The molecule has 0 aliphatic rings. The average Bonchev–Trinajstić information content (AvgIpc) is 2.74. The molecule has 0 heterocycles. The first kappa shape index (κ1) is 21.6. The summed E-state index contributed by atoms with van der Waals surface area (Å²) in [5, 5.41) is 5.13. The molecule has 0 atom stereocenters. The lowest BCUT2D eigenvalue weighted by Crippen LogP contribution is -2.17. The Morgan fingerprint density at radius 1 is 1.03 bits per heavy atom. The van der Waals surface area contributed by atoms with Crippen LogP contribution in [0.5, 0.6) is 5.75 Å². The molecule has 0 fully saturated rings. The quantitative estimate of drug-likeness (QED) is 0.343. The van der Waals surface area contributed by atoms with Crippen molar-refractivity contribution >= 4 is 41.4 Å². The van der Waals surface area contributed by atoms with E-state index < -0.39 is 0 Å². The third-order valence-corrected chi connectivity index (χ3v) is 4.74. The Kier molecular flexibility index (Phi) is 7.66.